The average Bonchev–Trinajstić information content (AvgIpc) is 2.16. The molecule has 0 spiro atoms. The lowest BCUT2D eigenvalue weighted by Gasteiger charge is -1.94. The van der Waals surface area contributed by atoms with E-state index in [0.717, 1.165) is 0 Å². The van der Waals surface area contributed by atoms with Crippen LogP contribution in [0.3, 0.4) is 0 Å². The van der Waals surface area contributed by atoms with Gasteiger partial charge >= 0.3 is 5.91 Å². The van der Waals surface area contributed by atoms with E-state index in [1.807, 2.05) is 0 Å². The van der Waals surface area contributed by atoms with Crippen LogP contribution in [-0.4, -0.2) is 12.2 Å². The standard InChI is InChI=1S/C8H5NO3/c10-5-6-3-1-2-4-7(6)8(11)9-12/h1-5H. The Morgan fingerprint density at radius 2 is 2.00 bits per heavy atom. The summed E-state index contributed by atoms with van der Waals surface area (Å²) in [5.41, 5.74) is 0.226. The summed E-state index contributed by atoms with van der Waals surface area (Å²) in [5, 5.41) is 2.22. The van der Waals surface area contributed by atoms with E-state index < -0.39 is 5.91 Å². The molecule has 0 aliphatic heterocycles. The first-order chi connectivity index (χ1) is 5.79. The molecule has 0 aromatic heterocycles. The molecule has 60 valence electrons. The van der Waals surface area contributed by atoms with Gasteiger partial charge in [-0.2, -0.15) is 0 Å². The Bertz CT molecular complexity index is 333. The van der Waals surface area contributed by atoms with Crippen LogP contribution in [0, 0.1) is 4.91 Å². The number of carbonyl (C=O) groups is 2. The zero-order valence-corrected chi connectivity index (χ0v) is 6.06. The van der Waals surface area contributed by atoms with Crippen molar-refractivity contribution in [3.05, 3.63) is 40.3 Å². The summed E-state index contributed by atoms with van der Waals surface area (Å²) in [6.07, 6.45) is 0.512. The second-order valence-electron chi connectivity index (χ2n) is 2.10. The average molecular weight is 163 g/mol. The van der Waals surface area contributed by atoms with Crippen LogP contribution in [0.5, 0.6) is 0 Å². The topological polar surface area (TPSA) is 63.6 Å². The zero-order valence-electron chi connectivity index (χ0n) is 6.06. The van der Waals surface area contributed by atoms with Crippen molar-refractivity contribution in [1.82, 2.24) is 0 Å². The number of carbonyl (C=O) groups excluding carboxylic acids is 2. The summed E-state index contributed by atoms with van der Waals surface area (Å²) in [5.74, 6) is -0.919. The maximum atomic E-state index is 10.8. The summed E-state index contributed by atoms with van der Waals surface area (Å²) in [4.78, 5) is 31.0. The molecule has 0 aliphatic rings. The van der Waals surface area contributed by atoms with E-state index in [1.165, 1.54) is 12.1 Å². The van der Waals surface area contributed by atoms with E-state index in [-0.39, 0.29) is 11.1 Å². The third-order valence-corrected chi connectivity index (χ3v) is 1.40. The lowest BCUT2D eigenvalue weighted by molar-refractivity contribution is 0.0993. The Hall–Kier alpha value is -1.84. The van der Waals surface area contributed by atoms with Crippen molar-refractivity contribution in [1.29, 1.82) is 0 Å². The highest BCUT2D eigenvalue weighted by atomic mass is 16.3. The van der Waals surface area contributed by atoms with Crippen molar-refractivity contribution in [3.63, 3.8) is 0 Å². The predicted octanol–water partition coefficient (Wildman–Crippen LogP) is 1.41. The number of nitrogens with zero attached hydrogens (tertiary/aromatic N) is 1. The molecule has 0 unspecified atom stereocenters. The van der Waals surface area contributed by atoms with Crippen molar-refractivity contribution < 1.29 is 9.59 Å². The quantitative estimate of drug-likeness (QED) is 0.489. The molecule has 0 radical (unpaired) electrons. The second-order valence-corrected chi connectivity index (χ2v) is 2.10. The fraction of sp³-hybridized carbons (Fsp3) is 0. The molecule has 1 rings (SSSR count). The predicted molar refractivity (Wildman–Crippen MR) is 42.0 cm³/mol. The molecular weight excluding hydrogens is 158 g/mol. The SMILES string of the molecule is O=Cc1ccccc1C(=O)N=O. The molecule has 4 heteroatoms. The summed E-state index contributed by atoms with van der Waals surface area (Å²) >= 11 is 0. The third kappa shape index (κ3) is 1.42. The minimum atomic E-state index is -0.919. The minimum absolute atomic E-state index is 0.0440. The fourth-order valence-corrected chi connectivity index (χ4v) is 0.844. The zero-order chi connectivity index (χ0) is 8.97. The second kappa shape index (κ2) is 3.52. The molecule has 0 atom stereocenters. The molecule has 0 aliphatic carbocycles. The molecule has 0 saturated heterocycles. The fourth-order valence-electron chi connectivity index (χ4n) is 0.844. The van der Waals surface area contributed by atoms with Crippen LogP contribution >= 0.6 is 0 Å². The van der Waals surface area contributed by atoms with Crippen LogP contribution in [0.1, 0.15) is 20.7 Å². The molecule has 4 nitrogen and oxygen atoms in total. The lowest BCUT2D eigenvalue weighted by Crippen LogP contribution is -1.98. The van der Waals surface area contributed by atoms with Crippen molar-refractivity contribution in [3.8, 4) is 0 Å². The van der Waals surface area contributed by atoms with Gasteiger partial charge in [-0.25, -0.2) is 0 Å². The van der Waals surface area contributed by atoms with Crippen LogP contribution in [0.2, 0.25) is 0 Å². The molecule has 0 saturated carbocycles. The normalized spacial score (nSPS) is 9.00. The van der Waals surface area contributed by atoms with Gasteiger partial charge in [-0.1, -0.05) is 18.2 Å². The summed E-state index contributed by atoms with van der Waals surface area (Å²) in [6, 6.07) is 6.00. The Labute approximate surface area is 68.2 Å². The van der Waals surface area contributed by atoms with E-state index in [1.54, 1.807) is 12.1 Å². The van der Waals surface area contributed by atoms with Crippen LogP contribution in [0.4, 0.5) is 0 Å². The van der Waals surface area contributed by atoms with E-state index >= 15 is 0 Å². The maximum absolute atomic E-state index is 10.8. The smallest absolute Gasteiger partial charge is 0.298 e. The number of amides is 1. The Balaban J connectivity index is 3.21. The van der Waals surface area contributed by atoms with Gasteiger partial charge in [0.1, 0.15) is 0 Å². The number of hydrogen-bond donors (Lipinski definition) is 0. The molecule has 0 N–H and O–H groups in total. The van der Waals surface area contributed by atoms with Gasteiger partial charge in [0.2, 0.25) is 0 Å². The van der Waals surface area contributed by atoms with Crippen LogP contribution in [0.25, 0.3) is 0 Å². The highest BCUT2D eigenvalue weighted by Crippen LogP contribution is 2.06. The van der Waals surface area contributed by atoms with Crippen molar-refractivity contribution in [2.24, 2.45) is 5.18 Å². The Morgan fingerprint density at radius 1 is 1.33 bits per heavy atom. The molecule has 0 bridgehead atoms. The molecule has 0 fully saturated rings. The number of hydrogen-bond acceptors (Lipinski definition) is 3. The first kappa shape index (κ1) is 8.26. The van der Waals surface area contributed by atoms with Crippen molar-refractivity contribution in [2.45, 2.75) is 0 Å². The molecular formula is C8H5NO3. The lowest BCUT2D eigenvalue weighted by atomic mass is 10.1. The van der Waals surface area contributed by atoms with Gasteiger partial charge in [-0.3, -0.25) is 9.59 Å². The van der Waals surface area contributed by atoms with Crippen LogP contribution < -0.4 is 0 Å². The molecule has 0 heterocycles. The largest absolute Gasteiger partial charge is 0.317 e. The van der Waals surface area contributed by atoms with Gasteiger partial charge in [0.25, 0.3) is 0 Å². The molecule has 12 heavy (non-hydrogen) atoms. The number of nitroso groups, excluding NO2 is 1. The first-order valence-electron chi connectivity index (χ1n) is 3.21. The highest BCUT2D eigenvalue weighted by Gasteiger charge is 2.09. The van der Waals surface area contributed by atoms with E-state index in [4.69, 9.17) is 0 Å². The summed E-state index contributed by atoms with van der Waals surface area (Å²) in [6.45, 7) is 0. The minimum Gasteiger partial charge on any atom is -0.298 e. The molecule has 1 aromatic carbocycles. The van der Waals surface area contributed by atoms with Gasteiger partial charge in [-0.15, -0.1) is 4.91 Å². The van der Waals surface area contributed by atoms with E-state index in [2.05, 4.69) is 5.18 Å². The Kier molecular flexibility index (Phi) is 2.42. The van der Waals surface area contributed by atoms with Gasteiger partial charge < -0.3 is 0 Å². The van der Waals surface area contributed by atoms with Crippen LogP contribution in [0.15, 0.2) is 29.4 Å². The number of benzene rings is 1. The van der Waals surface area contributed by atoms with Gasteiger partial charge in [0, 0.05) is 10.7 Å². The van der Waals surface area contributed by atoms with E-state index in [0.29, 0.717) is 6.29 Å². The van der Waals surface area contributed by atoms with Crippen molar-refractivity contribution in [2.75, 3.05) is 0 Å². The summed E-state index contributed by atoms with van der Waals surface area (Å²) in [7, 11) is 0. The Morgan fingerprint density at radius 3 is 2.58 bits per heavy atom. The molecule has 1 amide bonds. The van der Waals surface area contributed by atoms with E-state index in [9.17, 15) is 14.5 Å². The third-order valence-electron chi connectivity index (χ3n) is 1.40. The monoisotopic (exact) mass is 163 g/mol. The van der Waals surface area contributed by atoms with Gasteiger partial charge in [0.15, 0.2) is 6.29 Å². The van der Waals surface area contributed by atoms with Crippen molar-refractivity contribution >= 4 is 12.2 Å². The summed E-state index contributed by atoms with van der Waals surface area (Å²) < 4.78 is 0. The van der Waals surface area contributed by atoms with Gasteiger partial charge in [0.05, 0.1) is 5.56 Å². The number of rotatable bonds is 2. The van der Waals surface area contributed by atoms with Gasteiger partial charge in [-0.05, 0) is 6.07 Å². The van der Waals surface area contributed by atoms with Crippen LogP contribution in [-0.2, 0) is 0 Å². The number of aldehydes is 1. The maximum Gasteiger partial charge on any atom is 0.317 e. The molecule has 1 aromatic rings. The highest BCUT2D eigenvalue weighted by molar-refractivity contribution is 6.01. The first-order valence-corrected chi connectivity index (χ1v) is 3.21.